The molecule has 1 aliphatic heterocycles. The zero-order chi connectivity index (χ0) is 17.8. The summed E-state index contributed by atoms with van der Waals surface area (Å²) in [6, 6.07) is 3.87. The molecule has 3 aromatic rings. The third kappa shape index (κ3) is 3.59. The van der Waals surface area contributed by atoms with Crippen LogP contribution < -0.4 is 16.2 Å². The van der Waals surface area contributed by atoms with Crippen molar-refractivity contribution >= 4 is 17.2 Å². The Kier molecular flexibility index (Phi) is 4.91. The lowest BCUT2D eigenvalue weighted by Crippen LogP contribution is -2.38. The predicted molar refractivity (Wildman–Crippen MR) is 93.5 cm³/mol. The maximum atomic E-state index is 12.5. The number of hydrogen-bond acceptors (Lipinski definition) is 9. The molecule has 1 amide bonds. The monoisotopic (exact) mass is 371 g/mol. The number of carbonyl (C=O) groups is 1. The highest BCUT2D eigenvalue weighted by Crippen LogP contribution is 2.22. The molecule has 3 aromatic heterocycles. The Labute approximate surface area is 153 Å². The van der Waals surface area contributed by atoms with Crippen molar-refractivity contribution < 1.29 is 4.79 Å². The summed E-state index contributed by atoms with van der Waals surface area (Å²) in [6.45, 7) is 1.03. The van der Waals surface area contributed by atoms with Gasteiger partial charge in [0.15, 0.2) is 0 Å². The van der Waals surface area contributed by atoms with Crippen LogP contribution in [-0.2, 0) is 11.2 Å². The van der Waals surface area contributed by atoms with E-state index in [0.29, 0.717) is 19.5 Å². The molecule has 0 aromatic carbocycles. The fourth-order valence-corrected chi connectivity index (χ4v) is 3.60. The van der Waals surface area contributed by atoms with Crippen LogP contribution in [0.1, 0.15) is 11.9 Å². The van der Waals surface area contributed by atoms with E-state index in [2.05, 4.69) is 41.7 Å². The highest BCUT2D eigenvalue weighted by atomic mass is 32.1. The van der Waals surface area contributed by atoms with E-state index in [-0.39, 0.29) is 18.0 Å². The minimum absolute atomic E-state index is 0.0503. The number of tetrazole rings is 1. The topological polar surface area (TPSA) is 123 Å². The van der Waals surface area contributed by atoms with Gasteiger partial charge in [0.05, 0.1) is 11.6 Å². The van der Waals surface area contributed by atoms with Crippen LogP contribution in [0.2, 0.25) is 0 Å². The molecule has 4 rings (SSSR count). The summed E-state index contributed by atoms with van der Waals surface area (Å²) in [5.74, 6) is -0.342. The number of hydrazine groups is 1. The van der Waals surface area contributed by atoms with Gasteiger partial charge in [-0.1, -0.05) is 0 Å². The molecule has 1 aliphatic rings. The zero-order valence-corrected chi connectivity index (χ0v) is 14.6. The number of nitrogens with zero attached hydrogens (tertiary/aromatic N) is 6. The number of rotatable bonds is 6. The van der Waals surface area contributed by atoms with Gasteiger partial charge in [-0.15, -0.1) is 16.4 Å². The summed E-state index contributed by atoms with van der Waals surface area (Å²) in [4.78, 5) is 21.2. The van der Waals surface area contributed by atoms with Crippen molar-refractivity contribution in [3.8, 4) is 10.6 Å². The molecular weight excluding hydrogens is 354 g/mol. The Hall–Kier alpha value is -2.76. The van der Waals surface area contributed by atoms with Crippen LogP contribution in [0, 0.1) is 5.92 Å². The molecule has 0 aliphatic carbocycles. The van der Waals surface area contributed by atoms with E-state index in [1.807, 2.05) is 17.5 Å². The van der Waals surface area contributed by atoms with E-state index in [1.165, 1.54) is 11.0 Å². The zero-order valence-electron chi connectivity index (χ0n) is 13.7. The number of hydrogen-bond donors (Lipinski definition) is 3. The van der Waals surface area contributed by atoms with E-state index < -0.39 is 0 Å². The Balaban J connectivity index is 1.31. The molecule has 10 nitrogen and oxygen atoms in total. The predicted octanol–water partition coefficient (Wildman–Crippen LogP) is -0.227. The maximum Gasteiger partial charge on any atom is 0.228 e. The first-order chi connectivity index (χ1) is 12.8. The summed E-state index contributed by atoms with van der Waals surface area (Å²) in [5.41, 5.74) is 7.94. The van der Waals surface area contributed by atoms with E-state index >= 15 is 0 Å². The minimum Gasteiger partial charge on any atom is -0.355 e. The summed E-state index contributed by atoms with van der Waals surface area (Å²) < 4.78 is 1.53. The van der Waals surface area contributed by atoms with E-state index in [9.17, 15) is 4.79 Å². The highest BCUT2D eigenvalue weighted by molar-refractivity contribution is 7.13. The number of thiazole rings is 1. The smallest absolute Gasteiger partial charge is 0.228 e. The Bertz CT molecular complexity index is 851. The SMILES string of the molecule is O=C(NCCc1csc(-c2cccnc2)n1)C1CNNC1n1cnnn1. The normalized spacial score (nSPS) is 19.5. The van der Waals surface area contributed by atoms with Crippen LogP contribution in [0.5, 0.6) is 0 Å². The number of amides is 1. The van der Waals surface area contributed by atoms with Crippen molar-refractivity contribution in [2.24, 2.45) is 5.92 Å². The average molecular weight is 371 g/mol. The van der Waals surface area contributed by atoms with Crippen LogP contribution in [0.25, 0.3) is 10.6 Å². The van der Waals surface area contributed by atoms with Gasteiger partial charge in [-0.3, -0.25) is 15.2 Å². The van der Waals surface area contributed by atoms with Crippen molar-refractivity contribution in [1.82, 2.24) is 46.3 Å². The molecule has 11 heteroatoms. The molecular formula is C15H17N9OS. The third-order valence-corrected chi connectivity index (χ3v) is 5.02. The number of aromatic nitrogens is 6. The molecule has 0 radical (unpaired) electrons. The molecule has 0 bridgehead atoms. The van der Waals surface area contributed by atoms with Crippen LogP contribution in [0.3, 0.4) is 0 Å². The summed E-state index contributed by atoms with van der Waals surface area (Å²) >= 11 is 1.58. The summed E-state index contributed by atoms with van der Waals surface area (Å²) in [5, 5.41) is 17.0. The lowest BCUT2D eigenvalue weighted by molar-refractivity contribution is -0.125. The van der Waals surface area contributed by atoms with Gasteiger partial charge in [0.2, 0.25) is 5.91 Å². The van der Waals surface area contributed by atoms with Crippen LogP contribution in [0.4, 0.5) is 0 Å². The molecule has 0 saturated carbocycles. The molecule has 2 unspecified atom stereocenters. The van der Waals surface area contributed by atoms with Crippen molar-refractivity contribution in [2.75, 3.05) is 13.1 Å². The lowest BCUT2D eigenvalue weighted by Gasteiger charge is -2.17. The standard InChI is InChI=1S/C15H17N9OS/c25-14(12-7-18-21-13(12)24-9-19-22-23-24)17-5-3-11-8-26-15(20-11)10-2-1-4-16-6-10/h1-2,4,6,8-9,12-13,18,21H,3,5,7H2,(H,17,25). The summed E-state index contributed by atoms with van der Waals surface area (Å²) in [6.07, 6.45) is 5.39. The Morgan fingerprint density at radius 3 is 3.23 bits per heavy atom. The minimum atomic E-state index is -0.304. The number of pyridine rings is 1. The molecule has 134 valence electrons. The molecule has 2 atom stereocenters. The van der Waals surface area contributed by atoms with Gasteiger partial charge >= 0.3 is 0 Å². The fourth-order valence-electron chi connectivity index (χ4n) is 2.76. The van der Waals surface area contributed by atoms with E-state index in [1.54, 1.807) is 23.7 Å². The first-order valence-electron chi connectivity index (χ1n) is 8.14. The fraction of sp³-hybridized carbons (Fsp3) is 0.333. The van der Waals surface area contributed by atoms with E-state index in [4.69, 9.17) is 0 Å². The van der Waals surface area contributed by atoms with Gasteiger partial charge in [0.25, 0.3) is 0 Å². The van der Waals surface area contributed by atoms with Crippen molar-refractivity contribution in [3.63, 3.8) is 0 Å². The quantitative estimate of drug-likeness (QED) is 0.543. The van der Waals surface area contributed by atoms with Crippen molar-refractivity contribution in [3.05, 3.63) is 41.9 Å². The first kappa shape index (κ1) is 16.7. The van der Waals surface area contributed by atoms with Crippen LogP contribution in [0.15, 0.2) is 36.2 Å². The maximum absolute atomic E-state index is 12.5. The molecule has 4 heterocycles. The second-order valence-corrected chi connectivity index (χ2v) is 6.65. The molecule has 3 N–H and O–H groups in total. The highest BCUT2D eigenvalue weighted by Gasteiger charge is 2.34. The number of carbonyl (C=O) groups excluding carboxylic acids is 1. The van der Waals surface area contributed by atoms with Crippen molar-refractivity contribution in [1.29, 1.82) is 0 Å². The summed E-state index contributed by atoms with van der Waals surface area (Å²) in [7, 11) is 0. The molecule has 26 heavy (non-hydrogen) atoms. The second kappa shape index (κ2) is 7.64. The van der Waals surface area contributed by atoms with E-state index in [0.717, 1.165) is 16.3 Å². The van der Waals surface area contributed by atoms with Gasteiger partial charge in [0, 0.05) is 42.8 Å². The Morgan fingerprint density at radius 2 is 2.42 bits per heavy atom. The van der Waals surface area contributed by atoms with Gasteiger partial charge in [-0.2, -0.15) is 0 Å². The first-order valence-corrected chi connectivity index (χ1v) is 9.02. The lowest BCUT2D eigenvalue weighted by atomic mass is 10.1. The second-order valence-electron chi connectivity index (χ2n) is 5.79. The number of nitrogens with one attached hydrogen (secondary N) is 3. The van der Waals surface area contributed by atoms with Crippen molar-refractivity contribution in [2.45, 2.75) is 12.6 Å². The third-order valence-electron chi connectivity index (χ3n) is 4.08. The van der Waals surface area contributed by atoms with Crippen LogP contribution >= 0.6 is 11.3 Å². The largest absolute Gasteiger partial charge is 0.355 e. The van der Waals surface area contributed by atoms with Gasteiger partial charge in [0.1, 0.15) is 17.5 Å². The van der Waals surface area contributed by atoms with Crippen LogP contribution in [-0.4, -0.2) is 49.2 Å². The molecule has 1 fully saturated rings. The average Bonchev–Trinajstić information content (AvgIpc) is 3.42. The molecule has 0 spiro atoms. The van der Waals surface area contributed by atoms with Gasteiger partial charge < -0.3 is 5.32 Å². The van der Waals surface area contributed by atoms with Gasteiger partial charge in [-0.05, 0) is 22.6 Å². The Morgan fingerprint density at radius 1 is 1.46 bits per heavy atom. The molecule has 1 saturated heterocycles. The van der Waals surface area contributed by atoms with Gasteiger partial charge in [-0.25, -0.2) is 15.1 Å².